The van der Waals surface area contributed by atoms with Gasteiger partial charge in [-0.1, -0.05) is 110 Å². The highest BCUT2D eigenvalue weighted by atomic mass is 32.1. The first-order chi connectivity index (χ1) is 21.0. The number of methoxy groups -OCH3 is 1. The van der Waals surface area contributed by atoms with Crippen molar-refractivity contribution >= 4 is 30.3 Å². The maximum absolute atomic E-state index is 13.8. The van der Waals surface area contributed by atoms with Crippen LogP contribution in [0.4, 0.5) is 10.5 Å². The van der Waals surface area contributed by atoms with E-state index in [2.05, 4.69) is 22.9 Å². The van der Waals surface area contributed by atoms with E-state index in [9.17, 15) is 9.59 Å². The lowest BCUT2D eigenvalue weighted by molar-refractivity contribution is -0.137. The highest BCUT2D eigenvalue weighted by Gasteiger charge is 2.41. The topological polar surface area (TPSA) is 85.9 Å². The highest BCUT2D eigenvalue weighted by Crippen LogP contribution is 2.44. The Bertz CT molecular complexity index is 1440. The van der Waals surface area contributed by atoms with E-state index in [0.29, 0.717) is 29.8 Å². The van der Waals surface area contributed by atoms with Gasteiger partial charge in [0.1, 0.15) is 17.1 Å². The van der Waals surface area contributed by atoms with Crippen LogP contribution in [0.2, 0.25) is 0 Å². The van der Waals surface area contributed by atoms with Crippen molar-refractivity contribution in [3.63, 3.8) is 0 Å². The van der Waals surface area contributed by atoms with Crippen LogP contribution in [0.3, 0.4) is 0 Å². The van der Waals surface area contributed by atoms with Crippen molar-refractivity contribution in [2.45, 2.75) is 50.1 Å². The fourth-order valence-electron chi connectivity index (χ4n) is 4.83. The second-order valence-electron chi connectivity index (χ2n) is 10.2. The van der Waals surface area contributed by atoms with Crippen LogP contribution in [0.25, 0.3) is 0 Å². The maximum atomic E-state index is 13.8. The predicted octanol–water partition coefficient (Wildman–Crippen LogP) is 7.62. The predicted molar refractivity (Wildman–Crippen MR) is 172 cm³/mol. The lowest BCUT2D eigenvalue weighted by atomic mass is 9.88. The Kier molecular flexibility index (Phi) is 12.1. The van der Waals surface area contributed by atoms with E-state index in [1.165, 1.54) is 12.7 Å². The number of amides is 2. The van der Waals surface area contributed by atoms with E-state index >= 15 is 0 Å². The van der Waals surface area contributed by atoms with Crippen molar-refractivity contribution in [3.05, 3.63) is 131 Å². The van der Waals surface area contributed by atoms with Crippen LogP contribution in [-0.2, 0) is 38.8 Å². The Labute approximate surface area is 258 Å². The third-order valence-electron chi connectivity index (χ3n) is 7.08. The Morgan fingerprint density at radius 1 is 0.721 bits per heavy atom. The third kappa shape index (κ3) is 9.36. The summed E-state index contributed by atoms with van der Waals surface area (Å²) >= 11 is 5.00. The number of anilines is 1. The molecule has 0 heterocycles. The van der Waals surface area contributed by atoms with Gasteiger partial charge in [-0.25, -0.2) is 10.3 Å². The highest BCUT2D eigenvalue weighted by molar-refractivity contribution is 7.82. The van der Waals surface area contributed by atoms with Crippen LogP contribution in [0.15, 0.2) is 109 Å². The average molecular weight is 599 g/mol. The summed E-state index contributed by atoms with van der Waals surface area (Å²) in [4.78, 5) is 32.3. The maximum Gasteiger partial charge on any atom is 0.411 e. The molecule has 0 spiro atoms. The van der Waals surface area contributed by atoms with Gasteiger partial charge in [0.05, 0.1) is 19.4 Å². The number of rotatable bonds is 15. The molecule has 0 aliphatic heterocycles. The fraction of sp³-hybridized carbons (Fsp3) is 0.257. The molecule has 2 amide bonds. The van der Waals surface area contributed by atoms with Gasteiger partial charge in [-0.3, -0.25) is 14.9 Å². The molecular formula is C35H38N2O5S. The van der Waals surface area contributed by atoms with E-state index in [-0.39, 0.29) is 13.2 Å². The number of thiol groups is 1. The summed E-state index contributed by atoms with van der Waals surface area (Å²) in [5.74, 6) is -0.0432. The van der Waals surface area contributed by atoms with Crippen molar-refractivity contribution in [3.8, 4) is 5.75 Å². The Balaban J connectivity index is 1.51. The molecule has 4 aromatic carbocycles. The van der Waals surface area contributed by atoms with Crippen LogP contribution in [0.5, 0.6) is 5.75 Å². The van der Waals surface area contributed by atoms with Crippen LogP contribution in [0.1, 0.15) is 47.9 Å². The van der Waals surface area contributed by atoms with Crippen LogP contribution < -0.4 is 15.5 Å². The van der Waals surface area contributed by atoms with Crippen molar-refractivity contribution in [1.82, 2.24) is 5.48 Å². The standard InChI is InChI=1S/C35H38N2O5S/c1-40-31-23-14-22-30(36-34(39)41-25-28-18-8-3-9-19-28)32(31)35(43,24-13-5-12-17-27-15-6-2-7-16-27)33(38)37-42-26-29-20-10-4-11-21-29/h2-4,6-11,14-16,18-23,43H,5,12-13,17,24-26H2,1H3,(H,36,39)(H,37,38)/t35-/m1/s1. The van der Waals surface area contributed by atoms with Crippen molar-refractivity contribution < 1.29 is 23.9 Å². The molecule has 0 unspecified atom stereocenters. The minimum absolute atomic E-state index is 0.104. The molecule has 4 rings (SSSR count). The minimum Gasteiger partial charge on any atom is -0.496 e. The molecule has 43 heavy (non-hydrogen) atoms. The zero-order valence-corrected chi connectivity index (χ0v) is 25.2. The molecule has 0 bridgehead atoms. The van der Waals surface area contributed by atoms with Gasteiger partial charge in [0.15, 0.2) is 0 Å². The second kappa shape index (κ2) is 16.4. The number of carbonyl (C=O) groups is 2. The van der Waals surface area contributed by atoms with Gasteiger partial charge in [-0.05, 0) is 48.1 Å². The molecular weight excluding hydrogens is 560 g/mol. The number of carbonyl (C=O) groups excluding carboxylic acids is 2. The normalized spacial score (nSPS) is 12.1. The molecule has 0 fully saturated rings. The quantitative estimate of drug-likeness (QED) is 0.0745. The molecule has 0 saturated heterocycles. The molecule has 2 N–H and O–H groups in total. The summed E-state index contributed by atoms with van der Waals surface area (Å²) in [7, 11) is 1.52. The molecule has 0 saturated carbocycles. The number of hydroxylamine groups is 1. The first kappa shape index (κ1) is 31.7. The number of unbranched alkanes of at least 4 members (excludes halogenated alkanes) is 2. The van der Waals surface area contributed by atoms with E-state index < -0.39 is 16.7 Å². The zero-order chi connectivity index (χ0) is 30.3. The van der Waals surface area contributed by atoms with Gasteiger partial charge in [0.25, 0.3) is 5.91 Å². The molecule has 0 aliphatic rings. The number of ether oxygens (including phenoxy) is 2. The van der Waals surface area contributed by atoms with E-state index in [1.807, 2.05) is 78.9 Å². The summed E-state index contributed by atoms with van der Waals surface area (Å²) in [6.45, 7) is 0.295. The first-order valence-electron chi connectivity index (χ1n) is 14.4. The molecule has 0 radical (unpaired) electrons. The SMILES string of the molecule is COc1cccc(NC(=O)OCc2ccccc2)c1[C@](S)(CCCCCc1ccccc1)C(=O)NOCc1ccccc1. The van der Waals surface area contributed by atoms with Crippen molar-refractivity contribution in [2.24, 2.45) is 0 Å². The molecule has 8 heteroatoms. The fourth-order valence-corrected chi connectivity index (χ4v) is 5.26. The monoisotopic (exact) mass is 598 g/mol. The van der Waals surface area contributed by atoms with Gasteiger partial charge in [0.2, 0.25) is 0 Å². The van der Waals surface area contributed by atoms with Gasteiger partial charge in [0, 0.05) is 5.56 Å². The lowest BCUT2D eigenvalue weighted by Gasteiger charge is -2.31. The van der Waals surface area contributed by atoms with Gasteiger partial charge in [-0.15, -0.1) is 0 Å². The van der Waals surface area contributed by atoms with Crippen LogP contribution >= 0.6 is 12.6 Å². The molecule has 0 aliphatic carbocycles. The molecule has 1 atom stereocenters. The summed E-state index contributed by atoms with van der Waals surface area (Å²) in [5.41, 5.74) is 6.45. The molecule has 0 aromatic heterocycles. The summed E-state index contributed by atoms with van der Waals surface area (Å²) in [6.07, 6.45) is 3.21. The average Bonchev–Trinajstić information content (AvgIpc) is 3.04. The summed E-state index contributed by atoms with van der Waals surface area (Å²) in [6, 6.07) is 34.5. The Morgan fingerprint density at radius 3 is 1.95 bits per heavy atom. The van der Waals surface area contributed by atoms with E-state index in [1.54, 1.807) is 18.2 Å². The van der Waals surface area contributed by atoms with Gasteiger partial charge < -0.3 is 9.47 Å². The Hall–Kier alpha value is -4.27. The van der Waals surface area contributed by atoms with E-state index in [0.717, 1.165) is 30.4 Å². The van der Waals surface area contributed by atoms with Crippen molar-refractivity contribution in [1.29, 1.82) is 0 Å². The summed E-state index contributed by atoms with van der Waals surface area (Å²) in [5, 5.41) is 2.81. The van der Waals surface area contributed by atoms with E-state index in [4.69, 9.17) is 26.9 Å². The number of hydrogen-bond donors (Lipinski definition) is 3. The minimum atomic E-state index is -1.39. The zero-order valence-electron chi connectivity index (χ0n) is 24.3. The number of benzene rings is 4. The summed E-state index contributed by atoms with van der Waals surface area (Å²) < 4.78 is 9.76. The molecule has 7 nitrogen and oxygen atoms in total. The van der Waals surface area contributed by atoms with Gasteiger partial charge >= 0.3 is 6.09 Å². The van der Waals surface area contributed by atoms with Crippen LogP contribution in [-0.4, -0.2) is 19.1 Å². The molecule has 4 aromatic rings. The molecule has 224 valence electrons. The lowest BCUT2D eigenvalue weighted by Crippen LogP contribution is -2.41. The second-order valence-corrected chi connectivity index (χ2v) is 10.9. The van der Waals surface area contributed by atoms with Crippen LogP contribution in [0, 0.1) is 0 Å². The third-order valence-corrected chi connectivity index (χ3v) is 7.73. The number of hydrogen-bond acceptors (Lipinski definition) is 6. The van der Waals surface area contributed by atoms with Crippen molar-refractivity contribution in [2.75, 3.05) is 12.4 Å². The number of nitrogens with one attached hydrogen (secondary N) is 2. The van der Waals surface area contributed by atoms with Gasteiger partial charge in [-0.2, -0.15) is 12.6 Å². The largest absolute Gasteiger partial charge is 0.496 e. The number of aryl methyl sites for hydroxylation is 1. The first-order valence-corrected chi connectivity index (χ1v) is 14.8. The smallest absolute Gasteiger partial charge is 0.411 e. The Morgan fingerprint density at radius 2 is 1.33 bits per heavy atom.